The van der Waals surface area contributed by atoms with E-state index in [1.165, 1.54) is 24.5 Å². The number of Topliss-reactive ketones (excluding diaryl/α,β-unsaturated/α-hetero) is 1. The van der Waals surface area contributed by atoms with Crippen molar-refractivity contribution < 1.29 is 14.3 Å². The van der Waals surface area contributed by atoms with Gasteiger partial charge in [-0.1, -0.05) is 26.8 Å². The van der Waals surface area contributed by atoms with Crippen LogP contribution in [-0.2, 0) is 4.79 Å². The van der Waals surface area contributed by atoms with Crippen molar-refractivity contribution in [1.29, 1.82) is 5.26 Å². The zero-order valence-corrected chi connectivity index (χ0v) is 15.9. The number of benzene rings is 1. The van der Waals surface area contributed by atoms with Crippen LogP contribution in [0.25, 0.3) is 12.2 Å². The zero-order chi connectivity index (χ0) is 19.3. The molecular weight excluding hydrogens is 352 g/mol. The van der Waals surface area contributed by atoms with Gasteiger partial charge in [-0.3, -0.25) is 9.59 Å². The first-order valence-corrected chi connectivity index (χ1v) is 8.71. The van der Waals surface area contributed by atoms with E-state index >= 15 is 0 Å². The lowest BCUT2D eigenvalue weighted by atomic mass is 9.91. The number of nitrogens with zero attached hydrogens (tertiary/aromatic N) is 1. The third kappa shape index (κ3) is 4.83. The minimum absolute atomic E-state index is 0.0535. The van der Waals surface area contributed by atoms with Gasteiger partial charge in [0.05, 0.1) is 16.3 Å². The lowest BCUT2D eigenvalue weighted by molar-refractivity contribution is -0.119. The summed E-state index contributed by atoms with van der Waals surface area (Å²) in [5, 5.41) is 8.60. The summed E-state index contributed by atoms with van der Waals surface area (Å²) in [6, 6.07) is 7.06. The SMILES string of the molecule is COc1cc(C=c2sc(=CC(=O)C(C)(C)C)[nH]c2=O)ccc1OCC#N. The highest BCUT2D eigenvalue weighted by Crippen LogP contribution is 2.28. The number of rotatable bonds is 5. The predicted octanol–water partition coefficient (Wildman–Crippen LogP) is 1.57. The zero-order valence-electron chi connectivity index (χ0n) is 15.1. The number of ketones is 1. The van der Waals surface area contributed by atoms with Crippen LogP contribution in [0.5, 0.6) is 11.5 Å². The highest BCUT2D eigenvalue weighted by atomic mass is 32.1. The number of aromatic amines is 1. The van der Waals surface area contributed by atoms with Gasteiger partial charge in [-0.15, -0.1) is 11.3 Å². The largest absolute Gasteiger partial charge is 0.493 e. The van der Waals surface area contributed by atoms with E-state index in [1.807, 2.05) is 26.8 Å². The molecule has 136 valence electrons. The van der Waals surface area contributed by atoms with Crippen molar-refractivity contribution >= 4 is 29.3 Å². The van der Waals surface area contributed by atoms with Gasteiger partial charge >= 0.3 is 0 Å². The number of thiazole rings is 1. The van der Waals surface area contributed by atoms with Gasteiger partial charge in [-0.05, 0) is 23.8 Å². The summed E-state index contributed by atoms with van der Waals surface area (Å²) in [5.41, 5.74) is -0.0175. The van der Waals surface area contributed by atoms with Crippen molar-refractivity contribution in [2.24, 2.45) is 5.41 Å². The van der Waals surface area contributed by atoms with Gasteiger partial charge in [0.2, 0.25) is 0 Å². The molecular formula is C19H20N2O4S. The Balaban J connectivity index is 2.42. The van der Waals surface area contributed by atoms with Crippen LogP contribution in [-0.4, -0.2) is 24.5 Å². The van der Waals surface area contributed by atoms with Gasteiger partial charge < -0.3 is 14.5 Å². The van der Waals surface area contributed by atoms with Gasteiger partial charge in [-0.2, -0.15) is 5.26 Å². The Morgan fingerprint density at radius 3 is 2.69 bits per heavy atom. The number of methoxy groups -OCH3 is 1. The highest BCUT2D eigenvalue weighted by Gasteiger charge is 2.18. The minimum atomic E-state index is -0.503. The molecule has 0 bridgehead atoms. The number of H-pyrrole nitrogens is 1. The van der Waals surface area contributed by atoms with Crippen LogP contribution >= 0.6 is 11.3 Å². The quantitative estimate of drug-likeness (QED) is 0.860. The van der Waals surface area contributed by atoms with Crippen molar-refractivity contribution in [3.63, 3.8) is 0 Å². The van der Waals surface area contributed by atoms with Crippen molar-refractivity contribution in [3.8, 4) is 17.6 Å². The van der Waals surface area contributed by atoms with Crippen LogP contribution in [0, 0.1) is 16.7 Å². The second-order valence-corrected chi connectivity index (χ2v) is 7.63. The maximum atomic E-state index is 12.1. The molecule has 0 saturated carbocycles. The summed E-state index contributed by atoms with van der Waals surface area (Å²) in [6.07, 6.45) is 3.17. The van der Waals surface area contributed by atoms with Crippen molar-refractivity contribution in [1.82, 2.24) is 4.98 Å². The van der Waals surface area contributed by atoms with E-state index in [0.29, 0.717) is 20.7 Å². The number of ether oxygens (including phenoxy) is 2. The molecule has 1 N–H and O–H groups in total. The normalized spacial score (nSPS) is 12.7. The maximum Gasteiger partial charge on any atom is 0.266 e. The number of carbonyl (C=O) groups excluding carboxylic acids is 1. The molecule has 0 aliphatic carbocycles. The summed E-state index contributed by atoms with van der Waals surface area (Å²) in [4.78, 5) is 26.9. The van der Waals surface area contributed by atoms with Crippen LogP contribution in [0.4, 0.5) is 0 Å². The van der Waals surface area contributed by atoms with E-state index < -0.39 is 5.41 Å². The molecule has 0 aliphatic rings. The van der Waals surface area contributed by atoms with E-state index in [2.05, 4.69) is 4.98 Å². The van der Waals surface area contributed by atoms with Crippen LogP contribution in [0.1, 0.15) is 26.3 Å². The van der Waals surface area contributed by atoms with Crippen molar-refractivity contribution in [3.05, 3.63) is 43.3 Å². The van der Waals surface area contributed by atoms with Crippen molar-refractivity contribution in [2.75, 3.05) is 13.7 Å². The summed E-state index contributed by atoms with van der Waals surface area (Å²) in [6.45, 7) is 5.40. The maximum absolute atomic E-state index is 12.1. The molecule has 2 rings (SSSR count). The summed E-state index contributed by atoms with van der Waals surface area (Å²) < 4.78 is 11.5. The molecule has 1 heterocycles. The van der Waals surface area contributed by atoms with Gasteiger partial charge in [0.25, 0.3) is 5.56 Å². The van der Waals surface area contributed by atoms with E-state index in [4.69, 9.17) is 14.7 Å². The van der Waals surface area contributed by atoms with Gasteiger partial charge in [0.1, 0.15) is 6.07 Å². The number of nitrogens with one attached hydrogen (secondary N) is 1. The number of aromatic nitrogens is 1. The van der Waals surface area contributed by atoms with Gasteiger partial charge in [0, 0.05) is 11.5 Å². The average molecular weight is 372 g/mol. The molecule has 0 fully saturated rings. The average Bonchev–Trinajstić information content (AvgIpc) is 2.91. The number of hydrogen-bond acceptors (Lipinski definition) is 6. The predicted molar refractivity (Wildman–Crippen MR) is 101 cm³/mol. The van der Waals surface area contributed by atoms with Crippen molar-refractivity contribution in [2.45, 2.75) is 20.8 Å². The second kappa shape index (κ2) is 8.02. The minimum Gasteiger partial charge on any atom is -0.493 e. The smallest absolute Gasteiger partial charge is 0.266 e. The first-order valence-electron chi connectivity index (χ1n) is 7.89. The summed E-state index contributed by atoms with van der Waals surface area (Å²) in [5.74, 6) is 0.870. The standard InChI is InChI=1S/C19H20N2O4S/c1-19(2,3)16(22)11-17-21-18(23)15(26-17)10-12-5-6-13(25-8-7-20)14(9-12)24-4/h5-6,9-11H,8H2,1-4H3,(H,21,23). The molecule has 0 radical (unpaired) electrons. The third-order valence-electron chi connectivity index (χ3n) is 3.46. The molecule has 7 heteroatoms. The summed E-state index contributed by atoms with van der Waals surface area (Å²) in [7, 11) is 1.50. The number of carbonyl (C=O) groups is 1. The molecule has 0 atom stereocenters. The first-order chi connectivity index (χ1) is 12.2. The second-order valence-electron chi connectivity index (χ2n) is 6.54. The lowest BCUT2D eigenvalue weighted by Crippen LogP contribution is -2.22. The Morgan fingerprint density at radius 1 is 1.35 bits per heavy atom. The molecule has 0 spiro atoms. The fraction of sp³-hybridized carbons (Fsp3) is 0.316. The Kier molecular flexibility index (Phi) is 6.01. The van der Waals surface area contributed by atoms with Gasteiger partial charge in [0.15, 0.2) is 23.9 Å². The molecule has 2 aromatic rings. The van der Waals surface area contributed by atoms with E-state index in [1.54, 1.807) is 24.3 Å². The van der Waals surface area contributed by atoms with Gasteiger partial charge in [-0.25, -0.2) is 0 Å². The first kappa shape index (κ1) is 19.5. The fourth-order valence-corrected chi connectivity index (χ4v) is 2.90. The molecule has 26 heavy (non-hydrogen) atoms. The molecule has 0 unspecified atom stereocenters. The highest BCUT2D eigenvalue weighted by molar-refractivity contribution is 7.07. The number of nitriles is 1. The van der Waals surface area contributed by atoms with E-state index in [-0.39, 0.29) is 17.9 Å². The lowest BCUT2D eigenvalue weighted by Gasteiger charge is -2.12. The third-order valence-corrected chi connectivity index (χ3v) is 4.42. The van der Waals surface area contributed by atoms with Crippen LogP contribution in [0.15, 0.2) is 23.0 Å². The molecule has 0 saturated heterocycles. The molecule has 1 aromatic heterocycles. The van der Waals surface area contributed by atoms with E-state index in [0.717, 1.165) is 5.56 Å². The monoisotopic (exact) mass is 372 g/mol. The summed E-state index contributed by atoms with van der Waals surface area (Å²) >= 11 is 1.22. The molecule has 6 nitrogen and oxygen atoms in total. The Bertz CT molecular complexity index is 1020. The van der Waals surface area contributed by atoms with Crippen LogP contribution in [0.3, 0.4) is 0 Å². The fourth-order valence-electron chi connectivity index (χ4n) is 2.01. The molecule has 0 aliphatic heterocycles. The van der Waals surface area contributed by atoms with E-state index in [9.17, 15) is 9.59 Å². The topological polar surface area (TPSA) is 92.2 Å². The number of hydrogen-bond donors (Lipinski definition) is 1. The van der Waals surface area contributed by atoms with Crippen LogP contribution < -0.4 is 24.2 Å². The molecule has 0 amide bonds. The molecule has 1 aromatic carbocycles. The van der Waals surface area contributed by atoms with Crippen LogP contribution in [0.2, 0.25) is 0 Å². The Labute approximate surface area is 155 Å². The Hall–Kier alpha value is -2.85. The Morgan fingerprint density at radius 2 is 2.08 bits per heavy atom.